The topological polar surface area (TPSA) is 55.8 Å². The maximum absolute atomic E-state index is 12.1. The lowest BCUT2D eigenvalue weighted by Gasteiger charge is -2.14. The Labute approximate surface area is 257 Å². The molecule has 0 radical (unpaired) electrons. The van der Waals surface area contributed by atoms with Crippen LogP contribution < -0.4 is 0 Å². The van der Waals surface area contributed by atoms with Gasteiger partial charge in [-0.1, -0.05) is 181 Å². The van der Waals surface area contributed by atoms with Gasteiger partial charge in [0.15, 0.2) is 0 Å². The molecule has 0 aromatic carbocycles. The van der Waals surface area contributed by atoms with E-state index in [0.717, 1.165) is 25.9 Å². The maximum Gasteiger partial charge on any atom is 0.306 e. The van der Waals surface area contributed by atoms with Crippen molar-refractivity contribution in [1.82, 2.24) is 0 Å². The summed E-state index contributed by atoms with van der Waals surface area (Å²) in [7, 11) is 0. The van der Waals surface area contributed by atoms with E-state index in [1.54, 1.807) is 0 Å². The molecule has 0 aromatic rings. The normalized spacial score (nSPS) is 12.2. The molecule has 0 saturated carbocycles. The fourth-order valence-corrected chi connectivity index (χ4v) is 5.60. The number of unbranched alkanes of at least 4 members (excludes halogenated alkanes) is 26. The summed E-state index contributed by atoms with van der Waals surface area (Å²) >= 11 is 0. The average Bonchev–Trinajstić information content (AvgIpc) is 2.98. The Bertz CT molecular complexity index is 495. The van der Waals surface area contributed by atoms with Crippen LogP contribution in [0.3, 0.4) is 0 Å². The van der Waals surface area contributed by atoms with Gasteiger partial charge in [0.25, 0.3) is 0 Å². The molecule has 0 rings (SSSR count). The molecular weight excluding hydrogens is 508 g/mol. The first kappa shape index (κ1) is 40.4. The van der Waals surface area contributed by atoms with Crippen LogP contribution in [-0.4, -0.2) is 37.5 Å². The van der Waals surface area contributed by atoms with Gasteiger partial charge in [0, 0.05) is 19.1 Å². The molecule has 4 heteroatoms. The third-order valence-electron chi connectivity index (χ3n) is 8.47. The minimum Gasteiger partial charge on any atom is -0.466 e. The van der Waals surface area contributed by atoms with Crippen molar-refractivity contribution in [2.45, 2.75) is 200 Å². The van der Waals surface area contributed by atoms with Crippen LogP contribution in [0.1, 0.15) is 200 Å². The van der Waals surface area contributed by atoms with Crippen LogP contribution in [0.15, 0.2) is 0 Å². The molecule has 0 aromatic heterocycles. The predicted molar refractivity (Wildman–Crippen MR) is 178 cm³/mol. The standard InChI is InChI=1S/C37H74O4/c1-3-5-7-9-11-13-15-17-19-21-23-25-27-29-31-40-35-36(34-38)33-37(39)41-32-30-28-26-24-22-20-18-16-14-12-10-8-6-4-2/h36,38H,3-35H2,1-2H3/t36-/m1/s1. The quantitative estimate of drug-likeness (QED) is 0.0596. The smallest absolute Gasteiger partial charge is 0.306 e. The van der Waals surface area contributed by atoms with Gasteiger partial charge in [-0.3, -0.25) is 4.79 Å². The van der Waals surface area contributed by atoms with E-state index in [1.165, 1.54) is 161 Å². The lowest BCUT2D eigenvalue weighted by Crippen LogP contribution is -2.20. The summed E-state index contributed by atoms with van der Waals surface area (Å²) < 4.78 is 11.2. The van der Waals surface area contributed by atoms with Gasteiger partial charge >= 0.3 is 5.97 Å². The number of ether oxygens (including phenoxy) is 2. The molecule has 0 aliphatic rings. The number of hydrogen-bond acceptors (Lipinski definition) is 4. The number of carbonyl (C=O) groups is 1. The largest absolute Gasteiger partial charge is 0.466 e. The Morgan fingerprint density at radius 3 is 1.15 bits per heavy atom. The van der Waals surface area contributed by atoms with Crippen molar-refractivity contribution < 1.29 is 19.4 Å². The van der Waals surface area contributed by atoms with Gasteiger partial charge in [0.1, 0.15) is 0 Å². The van der Waals surface area contributed by atoms with Crippen molar-refractivity contribution in [2.75, 3.05) is 26.4 Å². The summed E-state index contributed by atoms with van der Waals surface area (Å²) in [6, 6.07) is 0. The van der Waals surface area contributed by atoms with E-state index in [9.17, 15) is 9.90 Å². The fraction of sp³-hybridized carbons (Fsp3) is 0.973. The van der Waals surface area contributed by atoms with E-state index in [4.69, 9.17) is 9.47 Å². The van der Waals surface area contributed by atoms with Gasteiger partial charge in [-0.25, -0.2) is 0 Å². The number of esters is 1. The van der Waals surface area contributed by atoms with Crippen LogP contribution in [-0.2, 0) is 14.3 Å². The van der Waals surface area contributed by atoms with Gasteiger partial charge in [-0.15, -0.1) is 0 Å². The van der Waals surface area contributed by atoms with E-state index < -0.39 is 0 Å². The number of aliphatic hydroxyl groups excluding tert-OH is 1. The van der Waals surface area contributed by atoms with E-state index in [2.05, 4.69) is 13.8 Å². The molecule has 0 spiro atoms. The molecule has 0 aliphatic carbocycles. The van der Waals surface area contributed by atoms with Gasteiger partial charge in [0.2, 0.25) is 0 Å². The van der Waals surface area contributed by atoms with Crippen molar-refractivity contribution in [3.8, 4) is 0 Å². The number of hydrogen-bond donors (Lipinski definition) is 1. The summed E-state index contributed by atoms with van der Waals surface area (Å²) in [6.07, 6.45) is 37.7. The Kier molecular flexibility index (Phi) is 35.1. The van der Waals surface area contributed by atoms with Gasteiger partial charge < -0.3 is 14.6 Å². The lowest BCUT2D eigenvalue weighted by molar-refractivity contribution is -0.146. The number of rotatable bonds is 35. The average molecular weight is 583 g/mol. The maximum atomic E-state index is 12.1. The molecule has 246 valence electrons. The summed E-state index contributed by atoms with van der Waals surface area (Å²) in [5.74, 6) is -0.343. The van der Waals surface area contributed by atoms with E-state index in [-0.39, 0.29) is 24.9 Å². The first-order valence-corrected chi connectivity index (χ1v) is 18.6. The molecular formula is C37H74O4. The van der Waals surface area contributed by atoms with Gasteiger partial charge in [0.05, 0.1) is 19.6 Å². The number of carbonyl (C=O) groups excluding carboxylic acids is 1. The summed E-state index contributed by atoms with van der Waals surface area (Å²) in [4.78, 5) is 12.1. The third kappa shape index (κ3) is 33.8. The molecule has 0 bridgehead atoms. The molecule has 0 saturated heterocycles. The zero-order chi connectivity index (χ0) is 29.9. The molecule has 1 atom stereocenters. The predicted octanol–water partition coefficient (Wildman–Crippen LogP) is 11.5. The first-order valence-electron chi connectivity index (χ1n) is 18.6. The van der Waals surface area contributed by atoms with Crippen molar-refractivity contribution >= 4 is 5.97 Å². The highest BCUT2D eigenvalue weighted by atomic mass is 16.5. The van der Waals surface area contributed by atoms with Crippen LogP contribution in [0.25, 0.3) is 0 Å². The van der Waals surface area contributed by atoms with E-state index >= 15 is 0 Å². The second-order valence-electron chi connectivity index (χ2n) is 12.7. The SMILES string of the molecule is CCCCCCCCCCCCCCCCOC[C@@H](CO)CC(=O)OCCCCCCCCCCCCCCCC. The minimum atomic E-state index is -0.196. The molecule has 41 heavy (non-hydrogen) atoms. The van der Waals surface area contributed by atoms with Crippen LogP contribution in [0.4, 0.5) is 0 Å². The van der Waals surface area contributed by atoms with Gasteiger partial charge in [-0.2, -0.15) is 0 Å². The Balaban J connectivity index is 3.38. The first-order chi connectivity index (χ1) is 20.2. The zero-order valence-corrected chi connectivity index (χ0v) is 28.1. The lowest BCUT2D eigenvalue weighted by atomic mass is 10.0. The minimum absolute atomic E-state index is 0.0211. The highest BCUT2D eigenvalue weighted by molar-refractivity contribution is 5.69. The summed E-state index contributed by atoms with van der Waals surface area (Å²) in [5.41, 5.74) is 0. The van der Waals surface area contributed by atoms with Gasteiger partial charge in [-0.05, 0) is 12.8 Å². The van der Waals surface area contributed by atoms with Crippen LogP contribution >= 0.6 is 0 Å². The molecule has 0 fully saturated rings. The van der Waals surface area contributed by atoms with Crippen LogP contribution in [0.2, 0.25) is 0 Å². The molecule has 0 aliphatic heterocycles. The molecule has 0 amide bonds. The van der Waals surface area contributed by atoms with E-state index in [0.29, 0.717) is 13.2 Å². The monoisotopic (exact) mass is 583 g/mol. The Morgan fingerprint density at radius 1 is 0.488 bits per heavy atom. The summed E-state index contributed by atoms with van der Waals surface area (Å²) in [5, 5.41) is 9.62. The highest BCUT2D eigenvalue weighted by Gasteiger charge is 2.14. The van der Waals surface area contributed by atoms with Crippen molar-refractivity contribution in [3.05, 3.63) is 0 Å². The van der Waals surface area contributed by atoms with Crippen molar-refractivity contribution in [1.29, 1.82) is 0 Å². The zero-order valence-electron chi connectivity index (χ0n) is 28.1. The molecule has 0 heterocycles. The Hall–Kier alpha value is -0.610. The second kappa shape index (κ2) is 35.6. The second-order valence-corrected chi connectivity index (χ2v) is 12.7. The third-order valence-corrected chi connectivity index (χ3v) is 8.47. The molecule has 1 N–H and O–H groups in total. The number of aliphatic hydroxyl groups is 1. The fourth-order valence-electron chi connectivity index (χ4n) is 5.60. The van der Waals surface area contributed by atoms with Crippen molar-refractivity contribution in [3.63, 3.8) is 0 Å². The van der Waals surface area contributed by atoms with Crippen molar-refractivity contribution in [2.24, 2.45) is 5.92 Å². The highest BCUT2D eigenvalue weighted by Crippen LogP contribution is 2.15. The van der Waals surface area contributed by atoms with Crippen LogP contribution in [0.5, 0.6) is 0 Å². The molecule has 0 unspecified atom stereocenters. The summed E-state index contributed by atoms with van der Waals surface area (Å²) in [6.45, 7) is 6.22. The van der Waals surface area contributed by atoms with Crippen LogP contribution in [0, 0.1) is 5.92 Å². The van der Waals surface area contributed by atoms with E-state index in [1.807, 2.05) is 0 Å². The Morgan fingerprint density at radius 2 is 0.805 bits per heavy atom. The molecule has 4 nitrogen and oxygen atoms in total.